The molecule has 0 saturated heterocycles. The van der Waals surface area contributed by atoms with Crippen LogP contribution in [0.4, 0.5) is 5.82 Å². The van der Waals surface area contributed by atoms with E-state index in [0.29, 0.717) is 22.8 Å². The quantitative estimate of drug-likeness (QED) is 0.241. The van der Waals surface area contributed by atoms with Crippen LogP contribution in [-0.2, 0) is 15.1 Å². The molecule has 2 N–H and O–H groups in total. The zero-order chi connectivity index (χ0) is 20.3. The fourth-order valence-electron chi connectivity index (χ4n) is 1.74. The van der Waals surface area contributed by atoms with Crippen LogP contribution in [0.1, 0.15) is 47.2 Å². The number of esters is 1. The summed E-state index contributed by atoms with van der Waals surface area (Å²) in [5, 5.41) is 13.2. The third kappa shape index (κ3) is 7.80. The number of pyridine rings is 1. The van der Waals surface area contributed by atoms with Crippen molar-refractivity contribution in [2.75, 3.05) is 11.9 Å². The van der Waals surface area contributed by atoms with Gasteiger partial charge in [0, 0.05) is 0 Å². The minimum Gasteiger partial charge on any atom is -0.463 e. The molecule has 1 aromatic rings. The highest BCUT2D eigenvalue weighted by Crippen LogP contribution is 2.21. The summed E-state index contributed by atoms with van der Waals surface area (Å²) >= 11 is 5.90. The summed E-state index contributed by atoms with van der Waals surface area (Å²) in [6, 6.07) is 5.16. The molecule has 0 aliphatic rings. The van der Waals surface area contributed by atoms with Crippen molar-refractivity contribution in [2.45, 2.75) is 47.1 Å². The molecule has 0 unspecified atom stereocenters. The van der Waals surface area contributed by atoms with Gasteiger partial charge in [0.1, 0.15) is 16.6 Å². The number of anilines is 1. The van der Waals surface area contributed by atoms with E-state index in [2.05, 4.69) is 22.0 Å². The lowest BCUT2D eigenvalue weighted by atomic mass is 10.1. The second-order valence-corrected chi connectivity index (χ2v) is 5.86. The first kappa shape index (κ1) is 23.8. The van der Waals surface area contributed by atoms with Gasteiger partial charge >= 0.3 is 5.97 Å². The lowest BCUT2D eigenvalue weighted by Gasteiger charge is -2.18. The maximum atomic E-state index is 12.0. The van der Waals surface area contributed by atoms with Crippen LogP contribution < -0.4 is 5.32 Å². The zero-order valence-corrected chi connectivity index (χ0v) is 17.0. The van der Waals surface area contributed by atoms with E-state index in [0.717, 1.165) is 0 Å². The molecular weight excluding hydrogens is 354 g/mol. The molecule has 0 bridgehead atoms. The van der Waals surface area contributed by atoms with Crippen molar-refractivity contribution >= 4 is 30.1 Å². The van der Waals surface area contributed by atoms with Crippen molar-refractivity contribution in [3.8, 4) is 0 Å². The normalized spacial score (nSPS) is 12.4. The second kappa shape index (κ2) is 11.4. The number of ether oxygens (including phenoxy) is 1. The Hall–Kier alpha value is -2.18. The van der Waals surface area contributed by atoms with Gasteiger partial charge in [0.25, 0.3) is 0 Å². The Bertz CT molecular complexity index is 677. The molecular formula is C19H28ClN3O3. The number of aromatic nitrogens is 1. The van der Waals surface area contributed by atoms with Crippen molar-refractivity contribution in [2.24, 2.45) is 4.99 Å². The molecule has 0 radical (unpaired) electrons. The molecule has 1 rings (SSSR count). The van der Waals surface area contributed by atoms with E-state index in [1.165, 1.54) is 6.08 Å². The highest BCUT2D eigenvalue weighted by molar-refractivity contribution is 6.29. The number of hydrogen-bond donors (Lipinski definition) is 2. The number of carbonyl (C=O) groups excluding carboxylic acids is 1. The number of aliphatic hydroxyl groups is 1. The largest absolute Gasteiger partial charge is 0.463 e. The molecule has 7 heteroatoms. The zero-order valence-electron chi connectivity index (χ0n) is 16.3. The Kier molecular flexibility index (Phi) is 10.5. The third-order valence-electron chi connectivity index (χ3n) is 3.04. The van der Waals surface area contributed by atoms with E-state index >= 15 is 0 Å². The number of aliphatic imine (C=N–C) groups is 1. The molecule has 0 aliphatic heterocycles. The van der Waals surface area contributed by atoms with Gasteiger partial charge in [0.2, 0.25) is 0 Å². The van der Waals surface area contributed by atoms with Crippen LogP contribution in [0.25, 0.3) is 0 Å². The number of carbonyl (C=O) groups is 1. The lowest BCUT2D eigenvalue weighted by Crippen LogP contribution is -2.18. The topological polar surface area (TPSA) is 83.8 Å². The Balaban J connectivity index is 0.00000301. The molecule has 144 valence electrons. The average Bonchev–Trinajstić information content (AvgIpc) is 2.61. The lowest BCUT2D eigenvalue weighted by molar-refractivity contribution is -0.138. The summed E-state index contributed by atoms with van der Waals surface area (Å²) in [6.45, 7) is 14.2. The average molecular weight is 382 g/mol. The number of allylic oxidation sites excluding steroid dienone is 1. The molecule has 0 atom stereocenters. The van der Waals surface area contributed by atoms with Crippen LogP contribution in [0.5, 0.6) is 0 Å². The Labute approximate surface area is 160 Å². The Morgan fingerprint density at radius 2 is 2.08 bits per heavy atom. The van der Waals surface area contributed by atoms with Crippen LogP contribution in [0.3, 0.4) is 0 Å². The Morgan fingerprint density at radius 3 is 2.58 bits per heavy atom. The number of rotatable bonds is 7. The smallest absolute Gasteiger partial charge is 0.335 e. The predicted octanol–water partition coefficient (Wildman–Crippen LogP) is 4.37. The highest BCUT2D eigenvalue weighted by Gasteiger charge is 2.18. The van der Waals surface area contributed by atoms with Crippen LogP contribution in [0, 0.1) is 0 Å². The standard InChI is InChI=1S/C17H22ClN3O3.C2H6/c1-6-24-16(22)11(2)12(10-14(18)19-5)20-15-9-7-8-13(21-15)17(3,4)23;1-2/h7-10,23H,5-6H2,1-4H3,(H,20,21);1-2H3/b12-11-,14-10-;. The van der Waals surface area contributed by atoms with Crippen LogP contribution in [0.2, 0.25) is 0 Å². The van der Waals surface area contributed by atoms with Crippen molar-refractivity contribution in [3.63, 3.8) is 0 Å². The molecule has 1 aromatic heterocycles. The SMILES string of the molecule is C=N/C(Cl)=C\C(Nc1cccc(C(C)(C)O)n1)=C(/C)C(=O)OCC.CC. The molecule has 0 fully saturated rings. The van der Waals surface area contributed by atoms with Gasteiger partial charge < -0.3 is 15.2 Å². The van der Waals surface area contributed by atoms with Gasteiger partial charge in [0.15, 0.2) is 0 Å². The predicted molar refractivity (Wildman–Crippen MR) is 107 cm³/mol. The summed E-state index contributed by atoms with van der Waals surface area (Å²) in [4.78, 5) is 19.9. The van der Waals surface area contributed by atoms with Crippen molar-refractivity contribution < 1.29 is 14.6 Å². The summed E-state index contributed by atoms with van der Waals surface area (Å²) < 4.78 is 5.00. The van der Waals surface area contributed by atoms with Gasteiger partial charge in [-0.2, -0.15) is 0 Å². The first-order valence-corrected chi connectivity index (χ1v) is 8.75. The first-order chi connectivity index (χ1) is 12.2. The second-order valence-electron chi connectivity index (χ2n) is 5.48. The van der Waals surface area contributed by atoms with E-state index in [1.54, 1.807) is 45.9 Å². The maximum Gasteiger partial charge on any atom is 0.335 e. The summed E-state index contributed by atoms with van der Waals surface area (Å²) in [6.07, 6.45) is 1.46. The molecule has 26 heavy (non-hydrogen) atoms. The summed E-state index contributed by atoms with van der Waals surface area (Å²) in [5.41, 5.74) is 0.0893. The van der Waals surface area contributed by atoms with Crippen molar-refractivity contribution in [1.29, 1.82) is 0 Å². The Morgan fingerprint density at radius 1 is 1.46 bits per heavy atom. The van der Waals surface area contributed by atoms with E-state index in [1.807, 2.05) is 13.8 Å². The van der Waals surface area contributed by atoms with Crippen molar-refractivity contribution in [3.05, 3.63) is 46.4 Å². The van der Waals surface area contributed by atoms with Crippen LogP contribution >= 0.6 is 11.6 Å². The van der Waals surface area contributed by atoms with Gasteiger partial charge in [-0.15, -0.1) is 0 Å². The number of hydrogen-bond acceptors (Lipinski definition) is 6. The van der Waals surface area contributed by atoms with E-state index in [-0.39, 0.29) is 11.8 Å². The first-order valence-electron chi connectivity index (χ1n) is 8.38. The van der Waals surface area contributed by atoms with Gasteiger partial charge in [-0.25, -0.2) is 9.78 Å². The molecule has 0 amide bonds. The van der Waals surface area contributed by atoms with Crippen molar-refractivity contribution in [1.82, 2.24) is 4.98 Å². The number of nitrogens with zero attached hydrogens (tertiary/aromatic N) is 2. The summed E-state index contributed by atoms with van der Waals surface area (Å²) in [7, 11) is 0. The molecule has 0 aromatic carbocycles. The fourth-order valence-corrected chi connectivity index (χ4v) is 1.84. The van der Waals surface area contributed by atoms with Crippen LogP contribution in [-0.4, -0.2) is 29.4 Å². The van der Waals surface area contributed by atoms with Gasteiger partial charge in [0.05, 0.1) is 23.6 Å². The molecule has 0 saturated carbocycles. The van der Waals surface area contributed by atoms with E-state index in [4.69, 9.17) is 16.3 Å². The molecule has 0 aliphatic carbocycles. The molecule has 0 spiro atoms. The maximum absolute atomic E-state index is 12.0. The fraction of sp³-hybridized carbons (Fsp3) is 0.421. The van der Waals surface area contributed by atoms with E-state index in [9.17, 15) is 9.90 Å². The highest BCUT2D eigenvalue weighted by atomic mass is 35.5. The van der Waals surface area contributed by atoms with Crippen LogP contribution in [0.15, 0.2) is 45.7 Å². The minimum absolute atomic E-state index is 0.111. The molecule has 1 heterocycles. The minimum atomic E-state index is -1.09. The summed E-state index contributed by atoms with van der Waals surface area (Å²) in [5.74, 6) is -0.0403. The number of halogens is 1. The number of nitrogens with one attached hydrogen (secondary N) is 1. The van der Waals surface area contributed by atoms with Gasteiger partial charge in [-0.3, -0.25) is 4.99 Å². The molecule has 6 nitrogen and oxygen atoms in total. The third-order valence-corrected chi connectivity index (χ3v) is 3.27. The van der Waals surface area contributed by atoms with Gasteiger partial charge in [-0.05, 0) is 52.6 Å². The van der Waals surface area contributed by atoms with Gasteiger partial charge in [-0.1, -0.05) is 31.5 Å². The monoisotopic (exact) mass is 381 g/mol. The van der Waals surface area contributed by atoms with E-state index < -0.39 is 11.6 Å².